The number of halogens is 1. The molecule has 0 aromatic carbocycles. The van der Waals surface area contributed by atoms with Gasteiger partial charge in [0.25, 0.3) is 0 Å². The smallest absolute Gasteiger partial charge is 0.213 e. The zero-order chi connectivity index (χ0) is 5.98. The summed E-state index contributed by atoms with van der Waals surface area (Å²) in [6, 6.07) is 2.70. The molecule has 1 aromatic rings. The maximum Gasteiger partial charge on any atom is 0.213 e. The molecule has 1 aromatic heterocycles. The standard InChI is InChI=1S/C6H4FN/c1-5-2-3-8-6(7)4-5/h1-4H. The molecular formula is C6H4FN. The van der Waals surface area contributed by atoms with Crippen molar-refractivity contribution >= 4 is 0 Å². The SMILES string of the molecule is [CH]c1ccnc(F)c1. The molecule has 0 spiro atoms. The lowest BCUT2D eigenvalue weighted by molar-refractivity contribution is 0.583. The third kappa shape index (κ3) is 1.03. The summed E-state index contributed by atoms with van der Waals surface area (Å²) in [6.45, 7) is 5.18. The van der Waals surface area contributed by atoms with Crippen LogP contribution in [0.4, 0.5) is 4.39 Å². The van der Waals surface area contributed by atoms with Crippen molar-refractivity contribution in [3.63, 3.8) is 0 Å². The van der Waals surface area contributed by atoms with E-state index in [2.05, 4.69) is 4.98 Å². The molecule has 0 amide bonds. The van der Waals surface area contributed by atoms with Crippen LogP contribution in [0.5, 0.6) is 0 Å². The van der Waals surface area contributed by atoms with Crippen LogP contribution in [0.2, 0.25) is 0 Å². The summed E-state index contributed by atoms with van der Waals surface area (Å²) in [6.07, 6.45) is 1.32. The topological polar surface area (TPSA) is 12.9 Å². The average Bonchev–Trinajstić information content (AvgIpc) is 1.64. The minimum absolute atomic E-state index is 0.400. The molecule has 0 aliphatic rings. The second-order valence-corrected chi connectivity index (χ2v) is 1.41. The first-order chi connectivity index (χ1) is 3.79. The normalized spacial score (nSPS) is 9.25. The van der Waals surface area contributed by atoms with Crippen LogP contribution in [0.25, 0.3) is 0 Å². The number of aromatic nitrogens is 1. The molecule has 2 radical (unpaired) electrons. The molecular weight excluding hydrogens is 105 g/mol. The molecule has 0 atom stereocenters. The van der Waals surface area contributed by atoms with E-state index in [4.69, 9.17) is 6.92 Å². The first kappa shape index (κ1) is 5.22. The molecule has 8 heavy (non-hydrogen) atoms. The summed E-state index contributed by atoms with van der Waals surface area (Å²) in [7, 11) is 0. The van der Waals surface area contributed by atoms with Crippen LogP contribution in [0.1, 0.15) is 5.56 Å². The Bertz CT molecular complexity index is 168. The Morgan fingerprint density at radius 2 is 2.38 bits per heavy atom. The van der Waals surface area contributed by atoms with Gasteiger partial charge in [0.2, 0.25) is 5.95 Å². The molecule has 0 fully saturated rings. The molecule has 1 nitrogen and oxygen atoms in total. The maximum absolute atomic E-state index is 12.0. The summed E-state index contributed by atoms with van der Waals surface area (Å²) in [5, 5.41) is 0. The van der Waals surface area contributed by atoms with Gasteiger partial charge in [-0.1, -0.05) is 0 Å². The van der Waals surface area contributed by atoms with Gasteiger partial charge in [-0.2, -0.15) is 4.39 Å². The zero-order valence-corrected chi connectivity index (χ0v) is 4.13. The molecule has 0 aliphatic heterocycles. The van der Waals surface area contributed by atoms with Gasteiger partial charge in [0.1, 0.15) is 0 Å². The van der Waals surface area contributed by atoms with Crippen LogP contribution in [0, 0.1) is 12.9 Å². The number of hydrogen-bond donors (Lipinski definition) is 0. The van der Waals surface area contributed by atoms with Crippen molar-refractivity contribution in [3.05, 3.63) is 36.8 Å². The van der Waals surface area contributed by atoms with Crippen LogP contribution in [-0.4, -0.2) is 4.98 Å². The average molecular weight is 109 g/mol. The Kier molecular flexibility index (Phi) is 1.24. The molecule has 0 aliphatic carbocycles. The van der Waals surface area contributed by atoms with E-state index in [-0.39, 0.29) is 0 Å². The summed E-state index contributed by atoms with van der Waals surface area (Å²) in [5.74, 6) is -0.537. The number of rotatable bonds is 0. The van der Waals surface area contributed by atoms with E-state index in [9.17, 15) is 4.39 Å². The predicted molar refractivity (Wildman–Crippen MR) is 27.6 cm³/mol. The molecule has 0 N–H and O–H groups in total. The van der Waals surface area contributed by atoms with E-state index in [0.717, 1.165) is 0 Å². The third-order valence-electron chi connectivity index (χ3n) is 0.751. The van der Waals surface area contributed by atoms with Crippen LogP contribution in [0.15, 0.2) is 18.3 Å². The zero-order valence-electron chi connectivity index (χ0n) is 4.13. The van der Waals surface area contributed by atoms with E-state index in [1.165, 1.54) is 18.3 Å². The van der Waals surface area contributed by atoms with Gasteiger partial charge in [-0.25, -0.2) is 4.98 Å². The summed E-state index contributed by atoms with van der Waals surface area (Å²) < 4.78 is 12.0. The fraction of sp³-hybridized carbons (Fsp3) is 0. The van der Waals surface area contributed by atoms with Crippen molar-refractivity contribution in [2.75, 3.05) is 0 Å². The highest BCUT2D eigenvalue weighted by Gasteiger charge is 1.86. The highest BCUT2D eigenvalue weighted by atomic mass is 19.1. The first-order valence-corrected chi connectivity index (χ1v) is 2.16. The van der Waals surface area contributed by atoms with E-state index in [1.807, 2.05) is 0 Å². The van der Waals surface area contributed by atoms with E-state index < -0.39 is 5.95 Å². The first-order valence-electron chi connectivity index (χ1n) is 2.16. The molecule has 1 heterocycles. The second-order valence-electron chi connectivity index (χ2n) is 1.41. The van der Waals surface area contributed by atoms with Crippen LogP contribution in [-0.2, 0) is 0 Å². The second kappa shape index (κ2) is 1.90. The molecule has 0 saturated heterocycles. The monoisotopic (exact) mass is 109 g/mol. The predicted octanol–water partition coefficient (Wildman–Crippen LogP) is 1.28. The van der Waals surface area contributed by atoms with Crippen LogP contribution in [0.3, 0.4) is 0 Å². The lowest BCUT2D eigenvalue weighted by Gasteiger charge is -1.86. The van der Waals surface area contributed by atoms with Gasteiger partial charge in [-0.05, 0) is 24.6 Å². The van der Waals surface area contributed by atoms with Gasteiger partial charge in [0.05, 0.1) is 0 Å². The van der Waals surface area contributed by atoms with Crippen molar-refractivity contribution in [2.24, 2.45) is 0 Å². The Hall–Kier alpha value is -0.920. The highest BCUT2D eigenvalue weighted by molar-refractivity contribution is 5.13. The van der Waals surface area contributed by atoms with Gasteiger partial charge in [-0.15, -0.1) is 0 Å². The van der Waals surface area contributed by atoms with Gasteiger partial charge >= 0.3 is 0 Å². The summed E-state index contributed by atoms with van der Waals surface area (Å²) >= 11 is 0. The molecule has 0 bridgehead atoms. The molecule has 0 saturated carbocycles. The van der Waals surface area contributed by atoms with E-state index in [1.54, 1.807) is 0 Å². The largest absolute Gasteiger partial charge is 0.228 e. The molecule has 2 heteroatoms. The maximum atomic E-state index is 12.0. The quantitative estimate of drug-likeness (QED) is 0.457. The van der Waals surface area contributed by atoms with Crippen molar-refractivity contribution in [1.29, 1.82) is 0 Å². The Balaban J connectivity index is 3.08. The minimum atomic E-state index is -0.537. The van der Waals surface area contributed by atoms with Crippen molar-refractivity contribution in [1.82, 2.24) is 4.98 Å². The lowest BCUT2D eigenvalue weighted by atomic mass is 10.3. The minimum Gasteiger partial charge on any atom is -0.228 e. The van der Waals surface area contributed by atoms with Crippen LogP contribution < -0.4 is 0 Å². The van der Waals surface area contributed by atoms with Crippen LogP contribution >= 0.6 is 0 Å². The highest BCUT2D eigenvalue weighted by Crippen LogP contribution is 1.95. The Morgan fingerprint density at radius 3 is 2.75 bits per heavy atom. The number of pyridine rings is 1. The van der Waals surface area contributed by atoms with Gasteiger partial charge in [0, 0.05) is 6.20 Å². The lowest BCUT2D eigenvalue weighted by Crippen LogP contribution is -1.79. The van der Waals surface area contributed by atoms with Gasteiger partial charge in [-0.3, -0.25) is 0 Å². The van der Waals surface area contributed by atoms with Crippen molar-refractivity contribution in [2.45, 2.75) is 0 Å². The fourth-order valence-electron chi connectivity index (χ4n) is 0.417. The summed E-state index contributed by atoms with van der Waals surface area (Å²) in [5.41, 5.74) is 0.400. The molecule has 40 valence electrons. The van der Waals surface area contributed by atoms with Gasteiger partial charge < -0.3 is 0 Å². The Labute approximate surface area is 47.2 Å². The fourth-order valence-corrected chi connectivity index (χ4v) is 0.417. The van der Waals surface area contributed by atoms with E-state index >= 15 is 0 Å². The molecule has 1 rings (SSSR count). The Morgan fingerprint density at radius 1 is 1.62 bits per heavy atom. The summed E-state index contributed by atoms with van der Waals surface area (Å²) in [4.78, 5) is 3.29. The number of nitrogens with zero attached hydrogens (tertiary/aromatic N) is 1. The third-order valence-corrected chi connectivity index (χ3v) is 0.751. The molecule has 0 unspecified atom stereocenters. The van der Waals surface area contributed by atoms with E-state index in [0.29, 0.717) is 5.56 Å². The number of hydrogen-bond acceptors (Lipinski definition) is 1. The van der Waals surface area contributed by atoms with Crippen molar-refractivity contribution < 1.29 is 4.39 Å². The van der Waals surface area contributed by atoms with Gasteiger partial charge in [0.15, 0.2) is 0 Å². The van der Waals surface area contributed by atoms with Crippen molar-refractivity contribution in [3.8, 4) is 0 Å².